The third kappa shape index (κ3) is 10.7. The first-order valence-electron chi connectivity index (χ1n) is 15.0. The summed E-state index contributed by atoms with van der Waals surface area (Å²) in [6, 6.07) is 19.7. The highest BCUT2D eigenvalue weighted by atomic mass is 32.2. The van der Waals surface area contributed by atoms with Crippen LogP contribution in [0.5, 0.6) is 0 Å². The van der Waals surface area contributed by atoms with E-state index in [9.17, 15) is 18.0 Å². The van der Waals surface area contributed by atoms with Crippen molar-refractivity contribution in [2.24, 2.45) is 5.10 Å². The average Bonchev–Trinajstić information content (AvgIpc) is 3.01. The normalized spacial score (nSPS) is 11.0. The lowest BCUT2D eigenvalue weighted by Crippen LogP contribution is -2.21. The van der Waals surface area contributed by atoms with Gasteiger partial charge in [0, 0.05) is 11.1 Å². The van der Waals surface area contributed by atoms with Gasteiger partial charge in [0.2, 0.25) is 0 Å². The van der Waals surface area contributed by atoms with Gasteiger partial charge in [0.25, 0.3) is 10.0 Å². The molecule has 0 radical (unpaired) electrons. The highest BCUT2D eigenvalue weighted by Gasteiger charge is 2.16. The van der Waals surface area contributed by atoms with Crippen LogP contribution in [-0.4, -0.2) is 39.3 Å². The van der Waals surface area contributed by atoms with E-state index in [2.05, 4.69) is 23.8 Å². The molecule has 3 aromatic rings. The third-order valence-corrected chi connectivity index (χ3v) is 8.08. The fourth-order valence-electron chi connectivity index (χ4n) is 4.25. The molecule has 0 amide bonds. The predicted octanol–water partition coefficient (Wildman–Crippen LogP) is 7.20. The summed E-state index contributed by atoms with van der Waals surface area (Å²) in [6.07, 6.45) is 8.06. The van der Waals surface area contributed by atoms with Crippen LogP contribution < -0.4 is 4.83 Å². The maximum absolute atomic E-state index is 13.0. The summed E-state index contributed by atoms with van der Waals surface area (Å²) < 4.78 is 36.8. The highest BCUT2D eigenvalue weighted by Crippen LogP contribution is 2.17. The van der Waals surface area contributed by atoms with Gasteiger partial charge in [0.1, 0.15) is 0 Å². The first-order valence-corrected chi connectivity index (χ1v) is 16.4. The van der Waals surface area contributed by atoms with Gasteiger partial charge in [-0.2, -0.15) is 18.4 Å². The molecule has 3 aromatic carbocycles. The number of hydrazone groups is 1. The van der Waals surface area contributed by atoms with Crippen molar-refractivity contribution in [1.82, 2.24) is 4.83 Å². The molecule has 0 saturated carbocycles. The summed E-state index contributed by atoms with van der Waals surface area (Å²) in [7, 11) is -3.95. The van der Waals surface area contributed by atoms with Crippen molar-refractivity contribution in [3.8, 4) is 0 Å². The number of carbonyl (C=O) groups is 2. The Morgan fingerprint density at radius 1 is 0.628 bits per heavy atom. The fourth-order valence-corrected chi connectivity index (χ4v) is 5.07. The van der Waals surface area contributed by atoms with Crippen molar-refractivity contribution in [3.05, 3.63) is 101 Å². The monoisotopic (exact) mass is 606 g/mol. The van der Waals surface area contributed by atoms with Crippen LogP contribution in [0.25, 0.3) is 0 Å². The van der Waals surface area contributed by atoms with Crippen LogP contribution in [-0.2, 0) is 19.5 Å². The van der Waals surface area contributed by atoms with Gasteiger partial charge in [0.15, 0.2) is 0 Å². The minimum atomic E-state index is -3.95. The summed E-state index contributed by atoms with van der Waals surface area (Å²) in [4.78, 5) is 27.4. The highest BCUT2D eigenvalue weighted by molar-refractivity contribution is 7.89. The first-order chi connectivity index (χ1) is 20.7. The third-order valence-electron chi connectivity index (χ3n) is 6.86. The predicted molar refractivity (Wildman–Crippen MR) is 169 cm³/mol. The van der Waals surface area contributed by atoms with Crippen LogP contribution >= 0.6 is 0 Å². The van der Waals surface area contributed by atoms with E-state index >= 15 is 0 Å². The Labute approximate surface area is 255 Å². The molecule has 0 fully saturated rings. The Morgan fingerprint density at radius 2 is 1.05 bits per heavy atom. The number of benzene rings is 3. The topological polar surface area (TPSA) is 111 Å². The molecule has 8 nitrogen and oxygen atoms in total. The van der Waals surface area contributed by atoms with E-state index in [4.69, 9.17) is 9.47 Å². The molecular weight excluding hydrogens is 564 g/mol. The number of ether oxygens (including phenoxy) is 2. The zero-order valence-corrected chi connectivity index (χ0v) is 26.1. The van der Waals surface area contributed by atoms with Crippen molar-refractivity contribution in [3.63, 3.8) is 0 Å². The van der Waals surface area contributed by atoms with Crippen molar-refractivity contribution in [1.29, 1.82) is 0 Å². The molecule has 0 aliphatic rings. The number of unbranched alkanes of at least 4 members (excludes halogenated alkanes) is 6. The molecule has 43 heavy (non-hydrogen) atoms. The van der Waals surface area contributed by atoms with Crippen molar-refractivity contribution >= 4 is 27.7 Å². The van der Waals surface area contributed by atoms with E-state index in [-0.39, 0.29) is 4.90 Å². The summed E-state index contributed by atoms with van der Waals surface area (Å²) >= 11 is 0. The number of nitrogens with one attached hydrogen (secondary N) is 1. The van der Waals surface area contributed by atoms with E-state index < -0.39 is 22.0 Å². The van der Waals surface area contributed by atoms with Crippen LogP contribution in [0.3, 0.4) is 0 Å². The van der Waals surface area contributed by atoms with Crippen LogP contribution in [0.1, 0.15) is 103 Å². The lowest BCUT2D eigenvalue weighted by Gasteiger charge is -2.11. The number of aryl methyl sites for hydroxylation is 1. The van der Waals surface area contributed by atoms with Crippen molar-refractivity contribution < 1.29 is 27.5 Å². The second-order valence-electron chi connectivity index (χ2n) is 10.4. The fraction of sp³-hybridized carbons (Fsp3) is 0.382. The number of nitrogens with zero attached hydrogens (tertiary/aromatic N) is 1. The Morgan fingerprint density at radius 3 is 1.47 bits per heavy atom. The maximum Gasteiger partial charge on any atom is 0.338 e. The van der Waals surface area contributed by atoms with Gasteiger partial charge in [0.05, 0.1) is 34.9 Å². The second kappa shape index (κ2) is 17.2. The largest absolute Gasteiger partial charge is 0.462 e. The summed E-state index contributed by atoms with van der Waals surface area (Å²) in [5.41, 5.74) is 3.15. The molecule has 1 N–H and O–H groups in total. The Hall–Kier alpha value is -3.98. The van der Waals surface area contributed by atoms with Gasteiger partial charge in [-0.25, -0.2) is 9.59 Å². The Bertz CT molecular complexity index is 1380. The van der Waals surface area contributed by atoms with Gasteiger partial charge in [-0.05, 0) is 56.2 Å². The lowest BCUT2D eigenvalue weighted by molar-refractivity contribution is 0.0488. The Kier molecular flexibility index (Phi) is 13.4. The average molecular weight is 607 g/mol. The number of esters is 2. The van der Waals surface area contributed by atoms with Gasteiger partial charge >= 0.3 is 11.9 Å². The molecule has 0 saturated heterocycles. The summed E-state index contributed by atoms with van der Waals surface area (Å²) in [6.45, 7) is 6.84. The molecule has 0 aliphatic carbocycles. The molecule has 0 bridgehead atoms. The minimum Gasteiger partial charge on any atom is -0.462 e. The lowest BCUT2D eigenvalue weighted by atomic mass is 10.00. The maximum atomic E-state index is 13.0. The van der Waals surface area contributed by atoms with Gasteiger partial charge in [-0.3, -0.25) is 0 Å². The van der Waals surface area contributed by atoms with Crippen molar-refractivity contribution in [2.75, 3.05) is 13.2 Å². The molecule has 230 valence electrons. The SMILES string of the molecule is CCCCCCOC(=O)c1ccc(C(=NNS(=O)(=O)c2ccc(C)cc2)c2ccc(C(=O)OCCCCCC)cc2)cc1. The first kappa shape index (κ1) is 33.5. The van der Waals surface area contributed by atoms with Crippen LogP contribution in [0.15, 0.2) is 82.8 Å². The molecule has 0 atom stereocenters. The molecule has 0 unspecified atom stereocenters. The van der Waals surface area contributed by atoms with E-state index in [0.29, 0.717) is 41.2 Å². The molecular formula is C34H42N2O6S. The van der Waals surface area contributed by atoms with Crippen LogP contribution in [0, 0.1) is 6.92 Å². The molecule has 0 spiro atoms. The van der Waals surface area contributed by atoms with Crippen LogP contribution in [0.2, 0.25) is 0 Å². The number of hydrogen-bond donors (Lipinski definition) is 1. The zero-order chi connectivity index (χ0) is 31.1. The number of carbonyl (C=O) groups excluding carboxylic acids is 2. The molecule has 0 aromatic heterocycles. The smallest absolute Gasteiger partial charge is 0.338 e. The number of sulfonamides is 1. The standard InChI is InChI=1S/C34H42N2O6S/c1-4-6-8-10-24-41-33(37)29-18-14-27(15-19-29)32(35-36-43(39,40)31-22-12-26(3)13-23-31)28-16-20-30(21-17-28)34(38)42-25-11-9-7-5-2/h12-23,36H,4-11,24-25H2,1-3H3. The van der Waals surface area contributed by atoms with E-state index in [1.54, 1.807) is 60.7 Å². The van der Waals surface area contributed by atoms with Gasteiger partial charge in [-0.1, -0.05) is 94.3 Å². The van der Waals surface area contributed by atoms with E-state index in [1.807, 2.05) is 6.92 Å². The second-order valence-corrected chi connectivity index (χ2v) is 12.1. The quantitative estimate of drug-likeness (QED) is 0.0753. The van der Waals surface area contributed by atoms with Crippen LogP contribution in [0.4, 0.5) is 0 Å². The zero-order valence-electron chi connectivity index (χ0n) is 25.3. The molecule has 3 rings (SSSR count). The minimum absolute atomic E-state index is 0.0789. The molecule has 9 heteroatoms. The molecule has 0 aliphatic heterocycles. The number of rotatable bonds is 17. The van der Waals surface area contributed by atoms with E-state index in [1.165, 1.54) is 12.1 Å². The van der Waals surface area contributed by atoms with E-state index in [0.717, 1.165) is 56.9 Å². The van der Waals surface area contributed by atoms with Gasteiger partial charge < -0.3 is 9.47 Å². The summed E-state index contributed by atoms with van der Waals surface area (Å²) in [5.74, 6) is -0.835. The molecule has 0 heterocycles. The Balaban J connectivity index is 1.82. The number of hydrogen-bond acceptors (Lipinski definition) is 7. The summed E-state index contributed by atoms with van der Waals surface area (Å²) in [5, 5.41) is 4.29. The van der Waals surface area contributed by atoms with Crippen molar-refractivity contribution in [2.45, 2.75) is 77.0 Å². The van der Waals surface area contributed by atoms with Gasteiger partial charge in [-0.15, -0.1) is 0 Å².